The van der Waals surface area contributed by atoms with E-state index in [1.807, 2.05) is 49.4 Å². The number of aromatic amines is 1. The minimum atomic E-state index is -0.312. The maximum Gasteiger partial charge on any atom is 0.272 e. The van der Waals surface area contributed by atoms with E-state index < -0.39 is 0 Å². The minimum Gasteiger partial charge on any atom is -0.497 e. The van der Waals surface area contributed by atoms with E-state index in [1.54, 1.807) is 31.2 Å². The molecular weight excluding hydrogens is 396 g/mol. The number of amides is 1. The second-order valence-electron chi connectivity index (χ2n) is 6.84. The summed E-state index contributed by atoms with van der Waals surface area (Å²) in [6.45, 7) is 2.18. The zero-order valence-electron chi connectivity index (χ0n) is 17.4. The molecule has 0 aliphatic rings. The van der Waals surface area contributed by atoms with E-state index in [1.165, 1.54) is 0 Å². The third-order valence-electron chi connectivity index (χ3n) is 4.70. The van der Waals surface area contributed by atoms with Crippen molar-refractivity contribution in [3.8, 4) is 28.6 Å². The predicted octanol–water partition coefficient (Wildman–Crippen LogP) is 2.91. The van der Waals surface area contributed by atoms with Gasteiger partial charge in [-0.05, 0) is 55.0 Å². The van der Waals surface area contributed by atoms with Crippen LogP contribution in [0.3, 0.4) is 0 Å². The fraction of sp³-hybridized carbons (Fsp3) is 0.182. The Morgan fingerprint density at radius 1 is 1.10 bits per heavy atom. The van der Waals surface area contributed by atoms with Gasteiger partial charge in [-0.25, -0.2) is 9.67 Å². The molecule has 0 atom stereocenters. The first-order valence-corrected chi connectivity index (χ1v) is 9.62. The van der Waals surface area contributed by atoms with Gasteiger partial charge in [-0.15, -0.1) is 0 Å². The van der Waals surface area contributed by atoms with E-state index in [-0.39, 0.29) is 12.5 Å². The lowest BCUT2D eigenvalue weighted by atomic mass is 10.2. The van der Waals surface area contributed by atoms with Gasteiger partial charge in [-0.1, -0.05) is 6.07 Å². The third kappa shape index (κ3) is 4.40. The van der Waals surface area contributed by atoms with E-state index in [4.69, 9.17) is 9.47 Å². The molecule has 0 saturated heterocycles. The van der Waals surface area contributed by atoms with Gasteiger partial charge in [0.25, 0.3) is 5.91 Å². The number of benzene rings is 2. The monoisotopic (exact) mass is 418 g/mol. The molecule has 2 heterocycles. The quantitative estimate of drug-likeness (QED) is 0.478. The standard InChI is InChI=1S/C22H22N6O3/c1-14-4-9-19(31-3)18(12-14)28-11-10-17(27-28)22(29)23-13-20-24-21(26-25-20)15-5-7-16(30-2)8-6-15/h4-12H,13H2,1-3H3,(H,23,29)(H,24,25,26). The van der Waals surface area contributed by atoms with Crippen molar-refractivity contribution in [1.82, 2.24) is 30.3 Å². The highest BCUT2D eigenvalue weighted by Gasteiger charge is 2.14. The molecule has 2 aromatic heterocycles. The van der Waals surface area contributed by atoms with Crippen LogP contribution < -0.4 is 14.8 Å². The summed E-state index contributed by atoms with van der Waals surface area (Å²) in [4.78, 5) is 17.0. The number of ether oxygens (including phenoxy) is 2. The molecule has 0 aliphatic carbocycles. The number of carbonyl (C=O) groups is 1. The van der Waals surface area contributed by atoms with Crippen LogP contribution in [-0.4, -0.2) is 45.1 Å². The highest BCUT2D eigenvalue weighted by molar-refractivity contribution is 5.92. The Morgan fingerprint density at radius 2 is 1.90 bits per heavy atom. The molecule has 4 rings (SSSR count). The second-order valence-corrected chi connectivity index (χ2v) is 6.84. The Kier molecular flexibility index (Phi) is 5.65. The molecule has 0 bridgehead atoms. The Labute approximate surface area is 179 Å². The minimum absolute atomic E-state index is 0.197. The molecule has 158 valence electrons. The summed E-state index contributed by atoms with van der Waals surface area (Å²) in [5.74, 6) is 2.21. The van der Waals surface area contributed by atoms with E-state index in [9.17, 15) is 4.79 Å². The number of aromatic nitrogens is 5. The Balaban J connectivity index is 1.42. The molecule has 9 nitrogen and oxygen atoms in total. The first-order valence-electron chi connectivity index (χ1n) is 9.62. The Hall–Kier alpha value is -4.14. The Bertz CT molecular complexity index is 1200. The van der Waals surface area contributed by atoms with E-state index >= 15 is 0 Å². The Morgan fingerprint density at radius 3 is 2.65 bits per heavy atom. The van der Waals surface area contributed by atoms with Crippen molar-refractivity contribution in [2.75, 3.05) is 14.2 Å². The van der Waals surface area contributed by atoms with Gasteiger partial charge in [0, 0.05) is 11.8 Å². The van der Waals surface area contributed by atoms with Crippen LogP contribution in [0.5, 0.6) is 11.5 Å². The van der Waals surface area contributed by atoms with Gasteiger partial charge >= 0.3 is 0 Å². The number of aryl methyl sites for hydroxylation is 1. The topological polar surface area (TPSA) is 107 Å². The van der Waals surface area contributed by atoms with Crippen molar-refractivity contribution in [2.24, 2.45) is 0 Å². The number of hydrogen-bond acceptors (Lipinski definition) is 6. The summed E-state index contributed by atoms with van der Waals surface area (Å²) in [5, 5.41) is 14.2. The van der Waals surface area contributed by atoms with Crippen LogP contribution in [0, 0.1) is 6.92 Å². The van der Waals surface area contributed by atoms with Gasteiger partial charge in [0.05, 0.1) is 20.8 Å². The number of nitrogens with zero attached hydrogens (tertiary/aromatic N) is 4. The summed E-state index contributed by atoms with van der Waals surface area (Å²) in [6.07, 6.45) is 1.72. The third-order valence-corrected chi connectivity index (χ3v) is 4.70. The number of methoxy groups -OCH3 is 2. The van der Waals surface area contributed by atoms with Crippen LogP contribution in [-0.2, 0) is 6.54 Å². The highest BCUT2D eigenvalue weighted by atomic mass is 16.5. The molecule has 0 spiro atoms. The van der Waals surface area contributed by atoms with Crippen LogP contribution >= 0.6 is 0 Å². The van der Waals surface area contributed by atoms with E-state index in [0.717, 1.165) is 22.6 Å². The molecule has 1 amide bonds. The highest BCUT2D eigenvalue weighted by Crippen LogP contribution is 2.23. The van der Waals surface area contributed by atoms with Crippen molar-refractivity contribution in [3.63, 3.8) is 0 Å². The molecule has 2 N–H and O–H groups in total. The molecule has 0 radical (unpaired) electrons. The van der Waals surface area contributed by atoms with Crippen LogP contribution in [0.4, 0.5) is 0 Å². The zero-order chi connectivity index (χ0) is 21.8. The van der Waals surface area contributed by atoms with Crippen molar-refractivity contribution < 1.29 is 14.3 Å². The number of rotatable bonds is 7. The lowest BCUT2D eigenvalue weighted by molar-refractivity contribution is 0.0944. The first-order chi connectivity index (χ1) is 15.1. The fourth-order valence-electron chi connectivity index (χ4n) is 3.06. The van der Waals surface area contributed by atoms with Gasteiger partial charge in [0.15, 0.2) is 11.5 Å². The summed E-state index contributed by atoms with van der Waals surface area (Å²) >= 11 is 0. The maximum absolute atomic E-state index is 12.5. The molecular formula is C22H22N6O3. The number of nitrogens with one attached hydrogen (secondary N) is 2. The van der Waals surface area contributed by atoms with Crippen LogP contribution in [0.15, 0.2) is 54.7 Å². The van der Waals surface area contributed by atoms with Gasteiger partial charge in [-0.3, -0.25) is 9.89 Å². The molecule has 4 aromatic rings. The normalized spacial score (nSPS) is 10.7. The van der Waals surface area contributed by atoms with Gasteiger partial charge < -0.3 is 14.8 Å². The van der Waals surface area contributed by atoms with Crippen molar-refractivity contribution in [3.05, 3.63) is 71.8 Å². The van der Waals surface area contributed by atoms with Crippen LogP contribution in [0.1, 0.15) is 21.9 Å². The number of carbonyl (C=O) groups excluding carboxylic acids is 1. The zero-order valence-corrected chi connectivity index (χ0v) is 17.4. The van der Waals surface area contributed by atoms with E-state index in [2.05, 4.69) is 25.6 Å². The van der Waals surface area contributed by atoms with Crippen LogP contribution in [0.25, 0.3) is 17.1 Å². The molecule has 0 aliphatic heterocycles. The van der Waals surface area contributed by atoms with Gasteiger partial charge in [0.2, 0.25) is 0 Å². The average Bonchev–Trinajstić information content (AvgIpc) is 3.48. The van der Waals surface area contributed by atoms with Crippen molar-refractivity contribution >= 4 is 5.91 Å². The summed E-state index contributed by atoms with van der Waals surface area (Å²) in [7, 11) is 3.21. The summed E-state index contributed by atoms with van der Waals surface area (Å²) in [6, 6.07) is 14.9. The second kappa shape index (κ2) is 8.70. The predicted molar refractivity (Wildman–Crippen MR) is 114 cm³/mol. The SMILES string of the molecule is COc1ccc(-c2n[nH]c(CNC(=O)c3ccn(-c4cc(C)ccc4OC)n3)n2)cc1. The lowest BCUT2D eigenvalue weighted by Gasteiger charge is -2.09. The van der Waals surface area contributed by atoms with Crippen molar-refractivity contribution in [1.29, 1.82) is 0 Å². The molecule has 0 fully saturated rings. The first kappa shape index (κ1) is 20.1. The largest absolute Gasteiger partial charge is 0.497 e. The molecule has 2 aromatic carbocycles. The average molecular weight is 418 g/mol. The summed E-state index contributed by atoms with van der Waals surface area (Å²) < 4.78 is 12.2. The van der Waals surface area contributed by atoms with E-state index in [0.29, 0.717) is 23.1 Å². The smallest absolute Gasteiger partial charge is 0.272 e. The lowest BCUT2D eigenvalue weighted by Crippen LogP contribution is -2.24. The molecule has 31 heavy (non-hydrogen) atoms. The van der Waals surface area contributed by atoms with Crippen LogP contribution in [0.2, 0.25) is 0 Å². The summed E-state index contributed by atoms with van der Waals surface area (Å²) in [5.41, 5.74) is 2.97. The molecule has 0 saturated carbocycles. The van der Waals surface area contributed by atoms with Gasteiger partial charge in [-0.2, -0.15) is 10.2 Å². The molecule has 0 unspecified atom stereocenters. The van der Waals surface area contributed by atoms with Gasteiger partial charge in [0.1, 0.15) is 23.0 Å². The number of H-pyrrole nitrogens is 1. The fourth-order valence-corrected chi connectivity index (χ4v) is 3.06. The maximum atomic E-state index is 12.5. The molecule has 9 heteroatoms. The number of hydrogen-bond donors (Lipinski definition) is 2. The van der Waals surface area contributed by atoms with Crippen molar-refractivity contribution in [2.45, 2.75) is 13.5 Å².